The van der Waals surface area contributed by atoms with E-state index in [9.17, 15) is 14.0 Å². The summed E-state index contributed by atoms with van der Waals surface area (Å²) in [6.07, 6.45) is 3.98. The van der Waals surface area contributed by atoms with Crippen LogP contribution in [0.3, 0.4) is 0 Å². The Morgan fingerprint density at radius 3 is 2.47 bits per heavy atom. The summed E-state index contributed by atoms with van der Waals surface area (Å²) in [5.74, 6) is -0.0556. The van der Waals surface area contributed by atoms with E-state index in [1.54, 1.807) is 28.8 Å². The van der Waals surface area contributed by atoms with E-state index >= 15 is 0 Å². The van der Waals surface area contributed by atoms with Gasteiger partial charge in [-0.2, -0.15) is 0 Å². The van der Waals surface area contributed by atoms with Gasteiger partial charge in [0.25, 0.3) is 11.8 Å². The monoisotopic (exact) mass is 496 g/mol. The van der Waals surface area contributed by atoms with Gasteiger partial charge in [-0.3, -0.25) is 9.59 Å². The molecule has 4 rings (SSSR count). The number of thioether (sulfide) groups is 1. The highest BCUT2D eigenvalue weighted by Gasteiger charge is 2.34. The van der Waals surface area contributed by atoms with E-state index in [-0.39, 0.29) is 29.6 Å². The first kappa shape index (κ1) is 24.5. The van der Waals surface area contributed by atoms with Gasteiger partial charge in [-0.15, -0.1) is 23.1 Å². The molecule has 1 atom stereocenters. The molecule has 3 aromatic rings. The van der Waals surface area contributed by atoms with Gasteiger partial charge in [0.05, 0.1) is 10.4 Å². The van der Waals surface area contributed by atoms with Crippen molar-refractivity contribution < 1.29 is 14.0 Å². The minimum atomic E-state index is -0.245. The lowest BCUT2D eigenvalue weighted by Gasteiger charge is -2.40. The van der Waals surface area contributed by atoms with Gasteiger partial charge in [-0.1, -0.05) is 36.4 Å². The molecule has 2 aromatic carbocycles. The summed E-state index contributed by atoms with van der Waals surface area (Å²) < 4.78 is 14.5. The van der Waals surface area contributed by atoms with Crippen molar-refractivity contribution in [3.8, 4) is 0 Å². The molecule has 0 spiro atoms. The maximum Gasteiger partial charge on any atom is 0.263 e. The fraction of sp³-hybridized carbons (Fsp3) is 0.333. The van der Waals surface area contributed by atoms with E-state index in [1.807, 2.05) is 66.0 Å². The predicted octanol–water partition coefficient (Wildman–Crippen LogP) is 5.84. The number of rotatable bonds is 7. The Labute approximate surface area is 208 Å². The summed E-state index contributed by atoms with van der Waals surface area (Å²) in [4.78, 5) is 31.7. The van der Waals surface area contributed by atoms with Crippen molar-refractivity contribution >= 4 is 34.9 Å². The van der Waals surface area contributed by atoms with Gasteiger partial charge in [-0.05, 0) is 66.6 Å². The molecule has 0 radical (unpaired) electrons. The lowest BCUT2D eigenvalue weighted by Crippen LogP contribution is -2.48. The lowest BCUT2D eigenvalue weighted by atomic mass is 9.84. The molecule has 0 aliphatic carbocycles. The van der Waals surface area contributed by atoms with Crippen molar-refractivity contribution in [1.82, 2.24) is 9.80 Å². The Kier molecular flexibility index (Phi) is 8.06. The number of thiophene rings is 1. The van der Waals surface area contributed by atoms with Crippen LogP contribution in [0.4, 0.5) is 4.39 Å². The standard InChI is InChI=1S/C27H29FN2O2S2/c1-29(27(32)25-12-7-17-34-25)23(18-20-8-3-5-10-22(20)28)19-13-15-30(16-14-19)26(31)21-9-4-6-11-24(21)33-2/h3-12,17,19,23H,13-16,18H2,1-2H3/t23-/m0/s1. The van der Waals surface area contributed by atoms with Gasteiger partial charge >= 0.3 is 0 Å². The third-order valence-electron chi connectivity index (χ3n) is 6.65. The Morgan fingerprint density at radius 1 is 1.09 bits per heavy atom. The molecule has 7 heteroatoms. The van der Waals surface area contributed by atoms with Crippen LogP contribution in [-0.4, -0.2) is 54.0 Å². The zero-order chi connectivity index (χ0) is 24.1. The molecule has 34 heavy (non-hydrogen) atoms. The molecule has 0 unspecified atom stereocenters. The van der Waals surface area contributed by atoms with E-state index in [0.29, 0.717) is 30.0 Å². The number of hydrogen-bond donors (Lipinski definition) is 0. The van der Waals surface area contributed by atoms with Crippen LogP contribution in [0.25, 0.3) is 0 Å². The highest BCUT2D eigenvalue weighted by molar-refractivity contribution is 7.98. The molecule has 2 amide bonds. The molecule has 0 bridgehead atoms. The Balaban J connectivity index is 1.51. The molecule has 1 aliphatic rings. The van der Waals surface area contributed by atoms with Crippen molar-refractivity contribution in [2.45, 2.75) is 30.2 Å². The molecule has 1 aromatic heterocycles. The second-order valence-electron chi connectivity index (χ2n) is 8.59. The summed E-state index contributed by atoms with van der Waals surface area (Å²) >= 11 is 2.99. The molecule has 178 valence electrons. The van der Waals surface area contributed by atoms with Crippen molar-refractivity contribution in [2.24, 2.45) is 5.92 Å². The molecule has 4 nitrogen and oxygen atoms in total. The van der Waals surface area contributed by atoms with Crippen molar-refractivity contribution in [1.29, 1.82) is 0 Å². The largest absolute Gasteiger partial charge is 0.339 e. The van der Waals surface area contributed by atoms with Gasteiger partial charge in [0, 0.05) is 31.1 Å². The molecule has 1 fully saturated rings. The number of benzene rings is 2. The van der Waals surface area contributed by atoms with Crippen LogP contribution in [0.5, 0.6) is 0 Å². The minimum absolute atomic E-state index is 0.0382. The highest BCUT2D eigenvalue weighted by atomic mass is 32.2. The molecular formula is C27H29FN2O2S2. The highest BCUT2D eigenvalue weighted by Crippen LogP contribution is 2.30. The fourth-order valence-corrected chi connectivity index (χ4v) is 6.01. The van der Waals surface area contributed by atoms with Crippen LogP contribution in [0.2, 0.25) is 0 Å². The maximum absolute atomic E-state index is 14.5. The summed E-state index contributed by atoms with van der Waals surface area (Å²) in [5.41, 5.74) is 1.35. The van der Waals surface area contributed by atoms with Gasteiger partial charge in [0.1, 0.15) is 5.82 Å². The Hall–Kier alpha value is -2.64. The SMILES string of the molecule is CSc1ccccc1C(=O)N1CCC([C@H](Cc2ccccc2F)N(C)C(=O)c2cccs2)CC1. The van der Waals surface area contributed by atoms with Gasteiger partial charge in [-0.25, -0.2) is 4.39 Å². The van der Waals surface area contributed by atoms with Crippen LogP contribution in [0, 0.1) is 11.7 Å². The number of hydrogen-bond acceptors (Lipinski definition) is 4. The topological polar surface area (TPSA) is 40.6 Å². The number of halogens is 1. The first-order valence-corrected chi connectivity index (χ1v) is 13.6. The molecule has 1 saturated heterocycles. The number of carbonyl (C=O) groups is 2. The van der Waals surface area contributed by atoms with Crippen LogP contribution >= 0.6 is 23.1 Å². The average molecular weight is 497 g/mol. The summed E-state index contributed by atoms with van der Waals surface area (Å²) in [5, 5.41) is 1.89. The van der Waals surface area contributed by atoms with E-state index in [2.05, 4.69) is 0 Å². The molecule has 1 aliphatic heterocycles. The van der Waals surface area contributed by atoms with Gasteiger partial charge in [0.15, 0.2) is 0 Å². The average Bonchev–Trinajstić information content (AvgIpc) is 3.42. The first-order valence-electron chi connectivity index (χ1n) is 11.5. The minimum Gasteiger partial charge on any atom is -0.339 e. The number of amides is 2. The fourth-order valence-electron chi connectivity index (χ4n) is 4.71. The lowest BCUT2D eigenvalue weighted by molar-refractivity contribution is 0.0522. The number of likely N-dealkylation sites (N-methyl/N-ethyl adjacent to an activating group) is 1. The quantitative estimate of drug-likeness (QED) is 0.386. The number of piperidine rings is 1. The Morgan fingerprint density at radius 2 is 1.79 bits per heavy atom. The second-order valence-corrected chi connectivity index (χ2v) is 10.4. The van der Waals surface area contributed by atoms with Gasteiger partial charge in [0.2, 0.25) is 0 Å². The molecule has 0 N–H and O–H groups in total. The molecule has 0 saturated carbocycles. The predicted molar refractivity (Wildman–Crippen MR) is 137 cm³/mol. The summed E-state index contributed by atoms with van der Waals surface area (Å²) in [7, 11) is 1.82. The van der Waals surface area contributed by atoms with E-state index in [4.69, 9.17) is 0 Å². The van der Waals surface area contributed by atoms with Crippen LogP contribution in [0.1, 0.15) is 38.4 Å². The zero-order valence-corrected chi connectivity index (χ0v) is 21.1. The van der Waals surface area contributed by atoms with Crippen molar-refractivity contribution in [3.05, 3.63) is 87.9 Å². The van der Waals surface area contributed by atoms with E-state index < -0.39 is 0 Å². The van der Waals surface area contributed by atoms with Crippen molar-refractivity contribution in [2.75, 3.05) is 26.4 Å². The smallest absolute Gasteiger partial charge is 0.263 e. The summed E-state index contributed by atoms with van der Waals surface area (Å²) in [6, 6.07) is 18.0. The normalized spacial score (nSPS) is 15.2. The van der Waals surface area contributed by atoms with Crippen molar-refractivity contribution in [3.63, 3.8) is 0 Å². The van der Waals surface area contributed by atoms with Gasteiger partial charge < -0.3 is 9.80 Å². The summed E-state index contributed by atoms with van der Waals surface area (Å²) in [6.45, 7) is 1.25. The second kappa shape index (κ2) is 11.2. The molecule has 2 heterocycles. The number of likely N-dealkylation sites (tertiary alicyclic amines) is 1. The third kappa shape index (κ3) is 5.36. The Bertz CT molecular complexity index is 1130. The maximum atomic E-state index is 14.5. The van der Waals surface area contributed by atoms with Crippen LogP contribution < -0.4 is 0 Å². The van der Waals surface area contributed by atoms with Crippen LogP contribution in [-0.2, 0) is 6.42 Å². The van der Waals surface area contributed by atoms with E-state index in [1.165, 1.54) is 17.4 Å². The number of carbonyl (C=O) groups excluding carboxylic acids is 2. The van der Waals surface area contributed by atoms with E-state index in [0.717, 1.165) is 23.3 Å². The third-order valence-corrected chi connectivity index (χ3v) is 8.30. The zero-order valence-electron chi connectivity index (χ0n) is 19.4. The van der Waals surface area contributed by atoms with Crippen LogP contribution in [0.15, 0.2) is 70.9 Å². The first-order chi connectivity index (χ1) is 16.5. The number of nitrogens with zero attached hydrogens (tertiary/aromatic N) is 2. The molecular weight excluding hydrogens is 467 g/mol.